The van der Waals surface area contributed by atoms with Crippen LogP contribution in [0.15, 0.2) is 36.5 Å². The number of allylic oxidation sites excluding steroid dienone is 5. The summed E-state index contributed by atoms with van der Waals surface area (Å²) in [6, 6.07) is 2.11. The second kappa shape index (κ2) is 6.82. The zero-order valence-corrected chi connectivity index (χ0v) is 6.88. The lowest BCUT2D eigenvalue weighted by Crippen LogP contribution is -1.76. The van der Waals surface area contributed by atoms with Crippen LogP contribution in [-0.2, 0) is 0 Å². The van der Waals surface area contributed by atoms with Gasteiger partial charge in [0.25, 0.3) is 0 Å². The Hall–Kier alpha value is -1.29. The first-order valence-corrected chi connectivity index (χ1v) is 3.66. The summed E-state index contributed by atoms with van der Waals surface area (Å²) < 4.78 is 0. The molecule has 0 heterocycles. The van der Waals surface area contributed by atoms with Gasteiger partial charge in [-0.3, -0.25) is 0 Å². The van der Waals surface area contributed by atoms with Crippen molar-refractivity contribution in [1.29, 1.82) is 5.26 Å². The van der Waals surface area contributed by atoms with Crippen molar-refractivity contribution in [2.24, 2.45) is 0 Å². The SMILES string of the molecule is C=C/C=C(\C=C/C)CCC#N. The molecular formula is C10H13N. The van der Waals surface area contributed by atoms with Gasteiger partial charge in [-0.1, -0.05) is 30.9 Å². The fourth-order valence-electron chi connectivity index (χ4n) is 0.788. The third-order valence-electron chi connectivity index (χ3n) is 1.24. The molecule has 0 aromatic carbocycles. The maximum absolute atomic E-state index is 8.32. The maximum Gasteiger partial charge on any atom is 0.0625 e. The van der Waals surface area contributed by atoms with Gasteiger partial charge in [-0.25, -0.2) is 0 Å². The Morgan fingerprint density at radius 2 is 2.36 bits per heavy atom. The normalized spacial score (nSPS) is 11.5. The van der Waals surface area contributed by atoms with E-state index in [-0.39, 0.29) is 0 Å². The van der Waals surface area contributed by atoms with E-state index in [2.05, 4.69) is 12.6 Å². The molecule has 0 saturated carbocycles. The Kier molecular flexibility index (Phi) is 6.02. The molecule has 0 fully saturated rings. The van der Waals surface area contributed by atoms with Crippen molar-refractivity contribution in [2.45, 2.75) is 19.8 Å². The highest BCUT2D eigenvalue weighted by molar-refractivity contribution is 5.22. The number of nitrogens with zero attached hydrogens (tertiary/aromatic N) is 1. The summed E-state index contributed by atoms with van der Waals surface area (Å²) in [6.07, 6.45) is 9.02. The molecule has 0 N–H and O–H groups in total. The zero-order chi connectivity index (χ0) is 8.53. The maximum atomic E-state index is 8.32. The van der Waals surface area contributed by atoms with Gasteiger partial charge in [0.05, 0.1) is 6.07 Å². The molecule has 0 amide bonds. The summed E-state index contributed by atoms with van der Waals surface area (Å²) in [5.41, 5.74) is 1.16. The molecule has 11 heavy (non-hydrogen) atoms. The minimum Gasteiger partial charge on any atom is -0.198 e. The van der Waals surface area contributed by atoms with E-state index in [1.807, 2.05) is 25.2 Å². The van der Waals surface area contributed by atoms with Gasteiger partial charge in [-0.15, -0.1) is 0 Å². The van der Waals surface area contributed by atoms with E-state index in [0.717, 1.165) is 12.0 Å². The van der Waals surface area contributed by atoms with Gasteiger partial charge in [-0.05, 0) is 18.9 Å². The van der Waals surface area contributed by atoms with Crippen LogP contribution in [0.4, 0.5) is 0 Å². The van der Waals surface area contributed by atoms with E-state index in [0.29, 0.717) is 6.42 Å². The lowest BCUT2D eigenvalue weighted by Gasteiger charge is -1.94. The van der Waals surface area contributed by atoms with Gasteiger partial charge >= 0.3 is 0 Å². The van der Waals surface area contributed by atoms with Crippen LogP contribution in [0.2, 0.25) is 0 Å². The minimum atomic E-state index is 0.573. The quantitative estimate of drug-likeness (QED) is 0.561. The molecule has 0 radical (unpaired) electrons. The molecule has 0 unspecified atom stereocenters. The fourth-order valence-corrected chi connectivity index (χ4v) is 0.788. The minimum absolute atomic E-state index is 0.573. The first kappa shape index (κ1) is 9.71. The molecule has 0 atom stereocenters. The fraction of sp³-hybridized carbons (Fsp3) is 0.300. The van der Waals surface area contributed by atoms with Crippen molar-refractivity contribution in [1.82, 2.24) is 0 Å². The van der Waals surface area contributed by atoms with Crippen molar-refractivity contribution in [3.05, 3.63) is 36.5 Å². The molecule has 0 aromatic rings. The average molecular weight is 147 g/mol. The van der Waals surface area contributed by atoms with Crippen LogP contribution in [0.5, 0.6) is 0 Å². The molecule has 58 valence electrons. The van der Waals surface area contributed by atoms with Crippen LogP contribution in [0.25, 0.3) is 0 Å². The van der Waals surface area contributed by atoms with Gasteiger partial charge < -0.3 is 0 Å². The molecular weight excluding hydrogens is 134 g/mol. The van der Waals surface area contributed by atoms with Crippen molar-refractivity contribution < 1.29 is 0 Å². The Balaban J connectivity index is 4.02. The molecule has 0 aliphatic carbocycles. The predicted molar refractivity (Wildman–Crippen MR) is 47.9 cm³/mol. The van der Waals surface area contributed by atoms with Crippen molar-refractivity contribution in [2.75, 3.05) is 0 Å². The van der Waals surface area contributed by atoms with E-state index in [9.17, 15) is 0 Å². The smallest absolute Gasteiger partial charge is 0.0625 e. The summed E-state index contributed by atoms with van der Waals surface area (Å²) in [6.45, 7) is 5.56. The van der Waals surface area contributed by atoms with Gasteiger partial charge in [0.1, 0.15) is 0 Å². The molecule has 0 rings (SSSR count). The molecule has 1 nitrogen and oxygen atoms in total. The highest BCUT2D eigenvalue weighted by atomic mass is 14.2. The van der Waals surface area contributed by atoms with Crippen LogP contribution in [0.1, 0.15) is 19.8 Å². The van der Waals surface area contributed by atoms with Gasteiger partial charge in [-0.2, -0.15) is 5.26 Å². The van der Waals surface area contributed by atoms with Crippen molar-refractivity contribution >= 4 is 0 Å². The van der Waals surface area contributed by atoms with Crippen LogP contribution in [0.3, 0.4) is 0 Å². The standard InChI is InChI=1S/C10H13N/c1-3-6-10(7-4-2)8-5-9-11/h3-4,6-7H,1,5,8H2,2H3/b7-4-,10-6+. The predicted octanol–water partition coefficient (Wildman–Crippen LogP) is 2.98. The second-order valence-electron chi connectivity index (χ2n) is 2.14. The van der Waals surface area contributed by atoms with Gasteiger partial charge in [0.15, 0.2) is 0 Å². The monoisotopic (exact) mass is 147 g/mol. The van der Waals surface area contributed by atoms with E-state index in [4.69, 9.17) is 5.26 Å². The van der Waals surface area contributed by atoms with Crippen molar-refractivity contribution in [3.63, 3.8) is 0 Å². The molecule has 0 aliphatic heterocycles. The Labute approximate surface area is 68.3 Å². The summed E-state index contributed by atoms with van der Waals surface area (Å²) in [4.78, 5) is 0. The Morgan fingerprint density at radius 1 is 1.64 bits per heavy atom. The van der Waals surface area contributed by atoms with Crippen molar-refractivity contribution in [3.8, 4) is 6.07 Å². The van der Waals surface area contributed by atoms with Crippen LogP contribution < -0.4 is 0 Å². The summed E-state index contributed by atoms with van der Waals surface area (Å²) in [5, 5.41) is 8.32. The van der Waals surface area contributed by atoms with Crippen LogP contribution >= 0.6 is 0 Å². The van der Waals surface area contributed by atoms with Gasteiger partial charge in [0.2, 0.25) is 0 Å². The molecule has 0 aromatic heterocycles. The molecule has 1 heteroatoms. The molecule has 0 bridgehead atoms. The number of nitriles is 1. The first-order chi connectivity index (χ1) is 5.35. The van der Waals surface area contributed by atoms with E-state index in [1.54, 1.807) is 6.08 Å². The van der Waals surface area contributed by atoms with Crippen LogP contribution in [-0.4, -0.2) is 0 Å². The topological polar surface area (TPSA) is 23.8 Å². The third kappa shape index (κ3) is 5.17. The van der Waals surface area contributed by atoms with Crippen LogP contribution in [0, 0.1) is 11.3 Å². The highest BCUT2D eigenvalue weighted by Gasteiger charge is 1.88. The van der Waals surface area contributed by atoms with E-state index in [1.165, 1.54) is 0 Å². The highest BCUT2D eigenvalue weighted by Crippen LogP contribution is 2.05. The molecule has 0 aliphatic rings. The second-order valence-corrected chi connectivity index (χ2v) is 2.14. The lowest BCUT2D eigenvalue weighted by atomic mass is 10.1. The Morgan fingerprint density at radius 3 is 2.82 bits per heavy atom. The van der Waals surface area contributed by atoms with E-state index >= 15 is 0 Å². The summed E-state index contributed by atoms with van der Waals surface area (Å²) >= 11 is 0. The number of hydrogen-bond donors (Lipinski definition) is 0. The van der Waals surface area contributed by atoms with E-state index < -0.39 is 0 Å². The zero-order valence-electron chi connectivity index (χ0n) is 6.88. The average Bonchev–Trinajstić information content (AvgIpc) is 2.01. The summed E-state index contributed by atoms with van der Waals surface area (Å²) in [5.74, 6) is 0. The number of hydrogen-bond acceptors (Lipinski definition) is 1. The molecule has 0 spiro atoms. The molecule has 0 saturated heterocycles. The number of rotatable bonds is 4. The third-order valence-corrected chi connectivity index (χ3v) is 1.24. The Bertz CT molecular complexity index is 203. The first-order valence-electron chi connectivity index (χ1n) is 3.66. The summed E-state index contributed by atoms with van der Waals surface area (Å²) in [7, 11) is 0. The van der Waals surface area contributed by atoms with Gasteiger partial charge in [0, 0.05) is 6.42 Å². The largest absolute Gasteiger partial charge is 0.198 e. The lowest BCUT2D eigenvalue weighted by molar-refractivity contribution is 1.02.